The Hall–Kier alpha value is -0.370. The maximum atomic E-state index is 4.42. The van der Waals surface area contributed by atoms with Gasteiger partial charge in [-0.15, -0.1) is 35.3 Å². The van der Waals surface area contributed by atoms with Gasteiger partial charge in [-0.1, -0.05) is 0 Å². The lowest BCUT2D eigenvalue weighted by molar-refractivity contribution is 0.380. The van der Waals surface area contributed by atoms with Gasteiger partial charge in [-0.25, -0.2) is 4.98 Å². The van der Waals surface area contributed by atoms with Gasteiger partial charge in [-0.2, -0.15) is 0 Å². The lowest BCUT2D eigenvalue weighted by atomic mass is 9.93. The molecular formula is C12H21IN4S. The number of aromatic nitrogens is 1. The number of nitrogens with zero attached hydrogens (tertiary/aromatic N) is 2. The zero-order valence-corrected chi connectivity index (χ0v) is 14.3. The molecule has 0 spiro atoms. The molecule has 1 aliphatic rings. The van der Waals surface area contributed by atoms with E-state index in [1.807, 2.05) is 14.0 Å². The highest BCUT2D eigenvalue weighted by molar-refractivity contribution is 14.0. The summed E-state index contributed by atoms with van der Waals surface area (Å²) in [5.74, 6) is 0.903. The number of thiazole rings is 1. The van der Waals surface area contributed by atoms with Gasteiger partial charge in [0.05, 0.1) is 17.2 Å². The van der Waals surface area contributed by atoms with Gasteiger partial charge in [0.25, 0.3) is 0 Å². The highest BCUT2D eigenvalue weighted by atomic mass is 127. The van der Waals surface area contributed by atoms with E-state index in [1.54, 1.807) is 11.3 Å². The third kappa shape index (κ3) is 4.08. The molecule has 4 nitrogen and oxygen atoms in total. The standard InChI is InChI=1S/C12H20N4S.HI/c1-8-11(17-9(2)15-8)7-14-12(13-3)16-10-5-4-6-10;/h10H,4-7H2,1-3H3,(H2,13,14,16);1H. The van der Waals surface area contributed by atoms with Crippen LogP contribution in [0.25, 0.3) is 0 Å². The number of aryl methyl sites for hydroxylation is 2. The molecular weight excluding hydrogens is 359 g/mol. The molecule has 1 aliphatic carbocycles. The summed E-state index contributed by atoms with van der Waals surface area (Å²) < 4.78 is 0. The second kappa shape index (κ2) is 7.28. The molecule has 1 saturated carbocycles. The monoisotopic (exact) mass is 380 g/mol. The average Bonchev–Trinajstić information content (AvgIpc) is 2.55. The molecule has 102 valence electrons. The minimum absolute atomic E-state index is 0. The van der Waals surface area contributed by atoms with Crippen LogP contribution in [0.4, 0.5) is 0 Å². The van der Waals surface area contributed by atoms with E-state index < -0.39 is 0 Å². The maximum Gasteiger partial charge on any atom is 0.191 e. The van der Waals surface area contributed by atoms with Crippen molar-refractivity contribution in [1.82, 2.24) is 15.6 Å². The number of rotatable bonds is 3. The van der Waals surface area contributed by atoms with Crippen molar-refractivity contribution in [2.45, 2.75) is 45.7 Å². The van der Waals surface area contributed by atoms with Gasteiger partial charge in [0.15, 0.2) is 5.96 Å². The van der Waals surface area contributed by atoms with E-state index in [2.05, 4.69) is 27.5 Å². The van der Waals surface area contributed by atoms with E-state index >= 15 is 0 Å². The highest BCUT2D eigenvalue weighted by Gasteiger charge is 2.18. The van der Waals surface area contributed by atoms with Crippen LogP contribution in [0.2, 0.25) is 0 Å². The van der Waals surface area contributed by atoms with Crippen LogP contribution in [0.15, 0.2) is 4.99 Å². The first-order chi connectivity index (χ1) is 8.19. The van der Waals surface area contributed by atoms with Crippen molar-refractivity contribution in [3.05, 3.63) is 15.6 Å². The number of hydrogen-bond acceptors (Lipinski definition) is 3. The molecule has 0 aromatic carbocycles. The molecule has 0 aliphatic heterocycles. The topological polar surface area (TPSA) is 49.3 Å². The summed E-state index contributed by atoms with van der Waals surface area (Å²) in [6, 6.07) is 0.616. The van der Waals surface area contributed by atoms with Crippen LogP contribution in [0.3, 0.4) is 0 Å². The van der Waals surface area contributed by atoms with Crippen molar-refractivity contribution < 1.29 is 0 Å². The van der Waals surface area contributed by atoms with Crippen molar-refractivity contribution in [1.29, 1.82) is 0 Å². The van der Waals surface area contributed by atoms with Crippen LogP contribution in [0, 0.1) is 13.8 Å². The summed E-state index contributed by atoms with van der Waals surface area (Å²) >= 11 is 1.75. The summed E-state index contributed by atoms with van der Waals surface area (Å²) in [6.45, 7) is 4.91. The zero-order valence-electron chi connectivity index (χ0n) is 11.1. The Morgan fingerprint density at radius 2 is 2.17 bits per heavy atom. The fourth-order valence-electron chi connectivity index (χ4n) is 1.84. The molecule has 0 radical (unpaired) electrons. The van der Waals surface area contributed by atoms with Crippen molar-refractivity contribution in [2.75, 3.05) is 7.05 Å². The Bertz CT molecular complexity index is 412. The van der Waals surface area contributed by atoms with Gasteiger partial charge in [0.2, 0.25) is 0 Å². The van der Waals surface area contributed by atoms with E-state index in [9.17, 15) is 0 Å². The largest absolute Gasteiger partial charge is 0.354 e. The molecule has 2 N–H and O–H groups in total. The summed E-state index contributed by atoms with van der Waals surface area (Å²) in [5.41, 5.74) is 1.12. The fraction of sp³-hybridized carbons (Fsp3) is 0.667. The van der Waals surface area contributed by atoms with Gasteiger partial charge >= 0.3 is 0 Å². The minimum atomic E-state index is 0. The molecule has 2 rings (SSSR count). The summed E-state index contributed by atoms with van der Waals surface area (Å²) in [4.78, 5) is 9.95. The van der Waals surface area contributed by atoms with Crippen LogP contribution in [0.5, 0.6) is 0 Å². The molecule has 0 amide bonds. The van der Waals surface area contributed by atoms with Crippen molar-refractivity contribution in [3.63, 3.8) is 0 Å². The fourth-order valence-corrected chi connectivity index (χ4v) is 2.72. The number of guanidine groups is 1. The molecule has 18 heavy (non-hydrogen) atoms. The van der Waals surface area contributed by atoms with E-state index in [0.29, 0.717) is 6.04 Å². The summed E-state index contributed by atoms with van der Waals surface area (Å²) in [6.07, 6.45) is 3.86. The first kappa shape index (κ1) is 15.7. The minimum Gasteiger partial charge on any atom is -0.354 e. The van der Waals surface area contributed by atoms with E-state index in [0.717, 1.165) is 23.2 Å². The van der Waals surface area contributed by atoms with Gasteiger partial charge in [0, 0.05) is 18.0 Å². The Balaban J connectivity index is 0.00000162. The molecule has 6 heteroatoms. The van der Waals surface area contributed by atoms with Crippen molar-refractivity contribution >= 4 is 41.3 Å². The number of hydrogen-bond donors (Lipinski definition) is 2. The lowest BCUT2D eigenvalue weighted by Crippen LogP contribution is -2.45. The Kier molecular flexibility index (Phi) is 6.34. The number of nitrogens with one attached hydrogen (secondary N) is 2. The lowest BCUT2D eigenvalue weighted by Gasteiger charge is -2.28. The molecule has 0 bridgehead atoms. The number of halogens is 1. The Labute approximate surface area is 130 Å². The first-order valence-electron chi connectivity index (χ1n) is 6.09. The third-order valence-electron chi connectivity index (χ3n) is 3.09. The SMILES string of the molecule is CN=C(NCc1sc(C)nc1C)NC1CCC1.I. The molecule has 1 aromatic rings. The molecule has 0 unspecified atom stereocenters. The van der Waals surface area contributed by atoms with Crippen LogP contribution in [0.1, 0.15) is 34.8 Å². The van der Waals surface area contributed by atoms with Crippen LogP contribution < -0.4 is 10.6 Å². The number of aliphatic imine (C=N–C) groups is 1. The van der Waals surface area contributed by atoms with Gasteiger partial charge in [0.1, 0.15) is 0 Å². The van der Waals surface area contributed by atoms with Gasteiger partial charge in [-0.3, -0.25) is 4.99 Å². The zero-order chi connectivity index (χ0) is 12.3. The quantitative estimate of drug-likeness (QED) is 0.482. The Morgan fingerprint density at radius 3 is 2.61 bits per heavy atom. The van der Waals surface area contributed by atoms with Crippen LogP contribution >= 0.6 is 35.3 Å². The third-order valence-corrected chi connectivity index (χ3v) is 4.16. The van der Waals surface area contributed by atoms with Crippen LogP contribution in [-0.4, -0.2) is 24.0 Å². The predicted molar refractivity (Wildman–Crippen MR) is 88.0 cm³/mol. The normalized spacial score (nSPS) is 15.8. The highest BCUT2D eigenvalue weighted by Crippen LogP contribution is 2.18. The smallest absolute Gasteiger partial charge is 0.191 e. The van der Waals surface area contributed by atoms with Crippen molar-refractivity contribution in [2.24, 2.45) is 4.99 Å². The maximum absolute atomic E-state index is 4.42. The van der Waals surface area contributed by atoms with Gasteiger partial charge in [-0.05, 0) is 33.1 Å². The molecule has 1 heterocycles. The Morgan fingerprint density at radius 1 is 1.44 bits per heavy atom. The molecule has 0 atom stereocenters. The molecule has 1 fully saturated rings. The average molecular weight is 380 g/mol. The second-order valence-corrected chi connectivity index (χ2v) is 5.73. The summed E-state index contributed by atoms with van der Waals surface area (Å²) in [5, 5.41) is 7.90. The van der Waals surface area contributed by atoms with Crippen LogP contribution in [-0.2, 0) is 6.54 Å². The van der Waals surface area contributed by atoms with Gasteiger partial charge < -0.3 is 10.6 Å². The summed E-state index contributed by atoms with van der Waals surface area (Å²) in [7, 11) is 1.82. The van der Waals surface area contributed by atoms with E-state index in [1.165, 1.54) is 24.1 Å². The molecule has 1 aromatic heterocycles. The van der Waals surface area contributed by atoms with E-state index in [-0.39, 0.29) is 24.0 Å². The molecule has 0 saturated heterocycles. The van der Waals surface area contributed by atoms with E-state index in [4.69, 9.17) is 0 Å². The first-order valence-corrected chi connectivity index (χ1v) is 6.91. The second-order valence-electron chi connectivity index (χ2n) is 4.44. The van der Waals surface area contributed by atoms with Crippen molar-refractivity contribution in [3.8, 4) is 0 Å². The predicted octanol–water partition coefficient (Wildman–Crippen LogP) is 2.60.